The van der Waals surface area contributed by atoms with E-state index in [0.29, 0.717) is 13.0 Å². The van der Waals surface area contributed by atoms with E-state index in [4.69, 9.17) is 10.00 Å². The van der Waals surface area contributed by atoms with Crippen LogP contribution in [0, 0.1) is 17.2 Å². The zero-order chi connectivity index (χ0) is 11.1. The highest BCUT2D eigenvalue weighted by atomic mass is 16.5. The molecule has 1 N–H and O–H groups in total. The maximum Gasteiger partial charge on any atom is 0.225 e. The maximum absolute atomic E-state index is 11.7. The standard InChI is InChI=1S/C11H18N2O2/c1-2-10(5-6-12)13-11(14)9-4-3-7-15-8-9/h9-10H,2-5,7-8H2,1H3,(H,13,14). The molecule has 1 saturated heterocycles. The second-order valence-corrected chi connectivity index (χ2v) is 3.89. The number of carbonyl (C=O) groups is 1. The smallest absolute Gasteiger partial charge is 0.225 e. The lowest BCUT2D eigenvalue weighted by Gasteiger charge is -2.23. The zero-order valence-corrected chi connectivity index (χ0v) is 9.16. The predicted octanol–water partition coefficient (Wildman–Crippen LogP) is 1.22. The lowest BCUT2D eigenvalue weighted by atomic mass is 10.0. The van der Waals surface area contributed by atoms with Gasteiger partial charge in [0.05, 0.1) is 25.0 Å². The highest BCUT2D eigenvalue weighted by molar-refractivity contribution is 5.79. The third kappa shape index (κ3) is 3.88. The van der Waals surface area contributed by atoms with Gasteiger partial charge in [0.1, 0.15) is 0 Å². The molecule has 0 aliphatic carbocycles. The monoisotopic (exact) mass is 210 g/mol. The van der Waals surface area contributed by atoms with Crippen molar-refractivity contribution in [1.82, 2.24) is 5.32 Å². The van der Waals surface area contributed by atoms with Gasteiger partial charge in [-0.1, -0.05) is 6.92 Å². The first-order valence-corrected chi connectivity index (χ1v) is 5.53. The Labute approximate surface area is 90.6 Å². The van der Waals surface area contributed by atoms with Crippen LogP contribution in [0.25, 0.3) is 0 Å². The zero-order valence-electron chi connectivity index (χ0n) is 9.16. The van der Waals surface area contributed by atoms with Crippen LogP contribution in [-0.4, -0.2) is 25.2 Å². The van der Waals surface area contributed by atoms with Gasteiger partial charge in [0.2, 0.25) is 5.91 Å². The summed E-state index contributed by atoms with van der Waals surface area (Å²) in [6, 6.07) is 2.07. The molecule has 4 heteroatoms. The average Bonchev–Trinajstić information content (AvgIpc) is 2.29. The van der Waals surface area contributed by atoms with E-state index in [1.807, 2.05) is 6.92 Å². The summed E-state index contributed by atoms with van der Waals surface area (Å²) in [6.45, 7) is 3.26. The second kappa shape index (κ2) is 6.41. The summed E-state index contributed by atoms with van der Waals surface area (Å²) in [6.07, 6.45) is 3.03. The fourth-order valence-corrected chi connectivity index (χ4v) is 1.67. The molecule has 2 atom stereocenters. The molecular weight excluding hydrogens is 192 g/mol. The number of nitriles is 1. The molecule has 0 aromatic carbocycles. The molecule has 0 saturated carbocycles. The number of amides is 1. The van der Waals surface area contributed by atoms with Gasteiger partial charge in [0.15, 0.2) is 0 Å². The van der Waals surface area contributed by atoms with Gasteiger partial charge in [-0.15, -0.1) is 0 Å². The Morgan fingerprint density at radius 1 is 1.73 bits per heavy atom. The molecule has 1 aliphatic rings. The molecule has 0 radical (unpaired) electrons. The van der Waals surface area contributed by atoms with E-state index in [9.17, 15) is 4.79 Å². The normalized spacial score (nSPS) is 22.8. The molecule has 1 aliphatic heterocycles. The van der Waals surface area contributed by atoms with Crippen molar-refractivity contribution in [3.05, 3.63) is 0 Å². The first kappa shape index (κ1) is 12.0. The van der Waals surface area contributed by atoms with Crippen LogP contribution in [0.2, 0.25) is 0 Å². The van der Waals surface area contributed by atoms with Crippen molar-refractivity contribution in [3.63, 3.8) is 0 Å². The molecular formula is C11H18N2O2. The molecule has 1 rings (SSSR count). The maximum atomic E-state index is 11.7. The molecule has 0 aromatic heterocycles. The summed E-state index contributed by atoms with van der Waals surface area (Å²) in [7, 11) is 0. The van der Waals surface area contributed by atoms with Crippen LogP contribution < -0.4 is 5.32 Å². The van der Waals surface area contributed by atoms with Crippen LogP contribution >= 0.6 is 0 Å². The topological polar surface area (TPSA) is 62.1 Å². The summed E-state index contributed by atoms with van der Waals surface area (Å²) >= 11 is 0. The molecule has 0 aromatic rings. The van der Waals surface area contributed by atoms with Crippen molar-refractivity contribution in [2.24, 2.45) is 5.92 Å². The van der Waals surface area contributed by atoms with E-state index < -0.39 is 0 Å². The molecule has 1 heterocycles. The highest BCUT2D eigenvalue weighted by Crippen LogP contribution is 2.14. The van der Waals surface area contributed by atoms with Crippen LogP contribution in [0.3, 0.4) is 0 Å². The van der Waals surface area contributed by atoms with Crippen molar-refractivity contribution < 1.29 is 9.53 Å². The largest absolute Gasteiger partial charge is 0.381 e. The second-order valence-electron chi connectivity index (χ2n) is 3.89. The number of rotatable bonds is 4. The van der Waals surface area contributed by atoms with Gasteiger partial charge in [0.25, 0.3) is 0 Å². The third-order valence-corrected chi connectivity index (χ3v) is 2.71. The van der Waals surface area contributed by atoms with E-state index in [-0.39, 0.29) is 17.9 Å². The third-order valence-electron chi connectivity index (χ3n) is 2.71. The quantitative estimate of drug-likeness (QED) is 0.759. The van der Waals surface area contributed by atoms with Gasteiger partial charge in [-0.25, -0.2) is 0 Å². The molecule has 0 spiro atoms. The summed E-state index contributed by atoms with van der Waals surface area (Å²) in [5.74, 6) is 0.0169. The summed E-state index contributed by atoms with van der Waals surface area (Å²) in [5.41, 5.74) is 0. The Morgan fingerprint density at radius 3 is 3.07 bits per heavy atom. The fraction of sp³-hybridized carbons (Fsp3) is 0.818. The Kier molecular flexibility index (Phi) is 5.13. The van der Waals surface area contributed by atoms with Crippen LogP contribution in [0.1, 0.15) is 32.6 Å². The summed E-state index contributed by atoms with van der Waals surface area (Å²) in [5, 5.41) is 11.5. The van der Waals surface area contributed by atoms with Gasteiger partial charge in [-0.2, -0.15) is 5.26 Å². The Bertz CT molecular complexity index is 241. The van der Waals surface area contributed by atoms with Crippen molar-refractivity contribution in [1.29, 1.82) is 5.26 Å². The van der Waals surface area contributed by atoms with Gasteiger partial charge in [-0.05, 0) is 19.3 Å². The van der Waals surface area contributed by atoms with Crippen molar-refractivity contribution in [2.45, 2.75) is 38.6 Å². The molecule has 15 heavy (non-hydrogen) atoms. The SMILES string of the molecule is CCC(CC#N)NC(=O)C1CCCOC1. The lowest BCUT2D eigenvalue weighted by Crippen LogP contribution is -2.41. The predicted molar refractivity (Wildman–Crippen MR) is 56.0 cm³/mol. The molecule has 1 fully saturated rings. The first-order chi connectivity index (χ1) is 7.27. The van der Waals surface area contributed by atoms with Crippen molar-refractivity contribution in [2.75, 3.05) is 13.2 Å². The van der Waals surface area contributed by atoms with Gasteiger partial charge in [-0.3, -0.25) is 4.79 Å². The number of ether oxygens (including phenoxy) is 1. The van der Waals surface area contributed by atoms with Crippen LogP contribution in [0.15, 0.2) is 0 Å². The Morgan fingerprint density at radius 2 is 2.53 bits per heavy atom. The minimum absolute atomic E-state index is 0.00979. The minimum atomic E-state index is -0.0218. The van der Waals surface area contributed by atoms with E-state index in [1.54, 1.807) is 0 Å². The molecule has 4 nitrogen and oxygen atoms in total. The number of carbonyl (C=O) groups excluding carboxylic acids is 1. The van der Waals surface area contributed by atoms with Crippen LogP contribution in [-0.2, 0) is 9.53 Å². The van der Waals surface area contributed by atoms with Crippen molar-refractivity contribution >= 4 is 5.91 Å². The lowest BCUT2D eigenvalue weighted by molar-refractivity contribution is -0.129. The average molecular weight is 210 g/mol. The highest BCUT2D eigenvalue weighted by Gasteiger charge is 2.23. The number of hydrogen-bond donors (Lipinski definition) is 1. The van der Waals surface area contributed by atoms with E-state index >= 15 is 0 Å². The summed E-state index contributed by atoms with van der Waals surface area (Å²) in [4.78, 5) is 11.7. The van der Waals surface area contributed by atoms with Crippen LogP contribution in [0.4, 0.5) is 0 Å². The Balaban J connectivity index is 2.35. The molecule has 1 amide bonds. The first-order valence-electron chi connectivity index (χ1n) is 5.53. The van der Waals surface area contributed by atoms with E-state index in [1.165, 1.54) is 0 Å². The van der Waals surface area contributed by atoms with Crippen LogP contribution in [0.5, 0.6) is 0 Å². The van der Waals surface area contributed by atoms with Gasteiger partial charge < -0.3 is 10.1 Å². The van der Waals surface area contributed by atoms with Gasteiger partial charge >= 0.3 is 0 Å². The van der Waals surface area contributed by atoms with E-state index in [0.717, 1.165) is 25.9 Å². The van der Waals surface area contributed by atoms with E-state index in [2.05, 4.69) is 11.4 Å². The van der Waals surface area contributed by atoms with Gasteiger partial charge in [0, 0.05) is 12.6 Å². The fourth-order valence-electron chi connectivity index (χ4n) is 1.67. The Hall–Kier alpha value is -1.08. The molecule has 0 bridgehead atoms. The number of hydrogen-bond acceptors (Lipinski definition) is 3. The minimum Gasteiger partial charge on any atom is -0.381 e. The van der Waals surface area contributed by atoms with Crippen molar-refractivity contribution in [3.8, 4) is 6.07 Å². The summed E-state index contributed by atoms with van der Waals surface area (Å²) < 4.78 is 5.25. The number of nitrogens with zero attached hydrogens (tertiary/aromatic N) is 1. The molecule has 2 unspecified atom stereocenters. The molecule has 84 valence electrons. The number of nitrogens with one attached hydrogen (secondary N) is 1.